The van der Waals surface area contributed by atoms with Crippen LogP contribution in [0.2, 0.25) is 0 Å². The number of hydrogen-bond acceptors (Lipinski definition) is 7. The minimum atomic E-state index is -0.458. The van der Waals surface area contributed by atoms with E-state index in [4.69, 9.17) is 9.26 Å². The quantitative estimate of drug-likeness (QED) is 0.503. The van der Waals surface area contributed by atoms with E-state index in [1.54, 1.807) is 50.9 Å². The van der Waals surface area contributed by atoms with Crippen LogP contribution in [0, 0.1) is 25.7 Å². The van der Waals surface area contributed by atoms with Crippen molar-refractivity contribution in [2.24, 2.45) is 11.8 Å². The smallest absolute Gasteiger partial charge is 0.321 e. The number of aryl methyl sites for hydroxylation is 2. The molecule has 0 spiro atoms. The van der Waals surface area contributed by atoms with Gasteiger partial charge < -0.3 is 34.8 Å². The highest BCUT2D eigenvalue weighted by atomic mass is 16.5. The molecule has 4 rings (SSSR count). The van der Waals surface area contributed by atoms with Gasteiger partial charge in [0, 0.05) is 36.7 Å². The maximum absolute atomic E-state index is 13.3. The lowest BCUT2D eigenvalue weighted by Gasteiger charge is -2.34. The Kier molecular flexibility index (Phi) is 8.25. The van der Waals surface area contributed by atoms with Crippen LogP contribution < -0.4 is 15.4 Å². The van der Waals surface area contributed by atoms with Gasteiger partial charge in [0.2, 0.25) is 11.8 Å². The van der Waals surface area contributed by atoms with Crippen molar-refractivity contribution in [3.63, 3.8) is 0 Å². The van der Waals surface area contributed by atoms with Crippen molar-refractivity contribution in [1.82, 2.24) is 15.0 Å². The van der Waals surface area contributed by atoms with E-state index in [-0.39, 0.29) is 55.3 Å². The molecule has 206 valence electrons. The lowest BCUT2D eigenvalue weighted by atomic mass is 10.0. The number of hydrogen-bond donors (Lipinski definition) is 3. The number of carbonyl (C=O) groups is 3. The van der Waals surface area contributed by atoms with Crippen molar-refractivity contribution in [2.75, 3.05) is 37.4 Å². The molecule has 1 aromatic carbocycles. The molecule has 1 aliphatic carbocycles. The Morgan fingerprint density at radius 2 is 2.00 bits per heavy atom. The molecule has 2 aromatic rings. The molecular weight excluding hydrogens is 490 g/mol. The third kappa shape index (κ3) is 6.27. The predicted molar refractivity (Wildman–Crippen MR) is 141 cm³/mol. The average molecular weight is 528 g/mol. The number of likely N-dealkylation sites (N-methyl/N-ethyl adjacent to an activating group) is 1. The van der Waals surface area contributed by atoms with E-state index in [1.165, 1.54) is 4.90 Å². The van der Waals surface area contributed by atoms with Gasteiger partial charge in [0.1, 0.15) is 23.2 Å². The molecule has 1 aromatic heterocycles. The number of anilines is 2. The number of aliphatic hydroxyl groups is 1. The number of fused-ring (bicyclic) bond motifs is 1. The van der Waals surface area contributed by atoms with Gasteiger partial charge in [-0.3, -0.25) is 9.59 Å². The van der Waals surface area contributed by atoms with Crippen LogP contribution in [0.25, 0.3) is 0 Å². The maximum Gasteiger partial charge on any atom is 0.321 e. The van der Waals surface area contributed by atoms with E-state index in [9.17, 15) is 19.5 Å². The summed E-state index contributed by atoms with van der Waals surface area (Å²) in [4.78, 5) is 41.8. The number of urea groups is 1. The molecule has 1 aliphatic heterocycles. The third-order valence-electron chi connectivity index (χ3n) is 7.20. The Morgan fingerprint density at radius 1 is 1.26 bits per heavy atom. The molecule has 11 nitrogen and oxygen atoms in total. The number of ether oxygens (including phenoxy) is 1. The number of nitrogens with zero attached hydrogens (tertiary/aromatic N) is 3. The molecule has 4 amide bonds. The normalized spacial score (nSPS) is 20.4. The molecule has 1 fully saturated rings. The highest BCUT2D eigenvalue weighted by Gasteiger charge is 2.33. The van der Waals surface area contributed by atoms with Gasteiger partial charge in [-0.05, 0) is 51.8 Å². The van der Waals surface area contributed by atoms with E-state index in [0.29, 0.717) is 40.7 Å². The molecular formula is C27H37N5O6. The second-order valence-electron chi connectivity index (χ2n) is 10.5. The van der Waals surface area contributed by atoms with Crippen LogP contribution in [-0.2, 0) is 16.0 Å². The van der Waals surface area contributed by atoms with Gasteiger partial charge in [-0.15, -0.1) is 0 Å². The first-order valence-electron chi connectivity index (χ1n) is 13.0. The van der Waals surface area contributed by atoms with E-state index in [1.807, 2.05) is 6.92 Å². The molecule has 0 radical (unpaired) electrons. The Bertz CT molecular complexity index is 1170. The SMILES string of the molecule is Cc1noc(C)c1NC(=O)N(C)C[C@H]1Oc2ccc(NC(=O)C3CC3)cc2CC(=O)N([C@@H](C)CO)C[C@H]1C. The molecule has 2 aliphatic rings. The lowest BCUT2D eigenvalue weighted by molar-refractivity contribution is -0.134. The Balaban J connectivity index is 1.58. The molecule has 0 unspecified atom stereocenters. The summed E-state index contributed by atoms with van der Waals surface area (Å²) in [6, 6.07) is 4.58. The number of carbonyl (C=O) groups excluding carboxylic acids is 3. The molecule has 1 saturated carbocycles. The summed E-state index contributed by atoms with van der Waals surface area (Å²) in [6.07, 6.45) is 1.39. The number of rotatable bonds is 7. The zero-order valence-corrected chi connectivity index (χ0v) is 22.6. The monoisotopic (exact) mass is 527 g/mol. The molecule has 3 N–H and O–H groups in total. The predicted octanol–water partition coefficient (Wildman–Crippen LogP) is 2.95. The van der Waals surface area contributed by atoms with Gasteiger partial charge in [-0.2, -0.15) is 0 Å². The number of benzene rings is 1. The second-order valence-corrected chi connectivity index (χ2v) is 10.5. The summed E-state index contributed by atoms with van der Waals surface area (Å²) >= 11 is 0. The largest absolute Gasteiger partial charge is 0.488 e. The van der Waals surface area contributed by atoms with E-state index in [2.05, 4.69) is 15.8 Å². The van der Waals surface area contributed by atoms with Gasteiger partial charge in [0.05, 0.1) is 25.6 Å². The van der Waals surface area contributed by atoms with Crippen LogP contribution in [0.5, 0.6) is 5.75 Å². The van der Waals surface area contributed by atoms with Crippen LogP contribution in [-0.4, -0.2) is 76.8 Å². The van der Waals surface area contributed by atoms with Gasteiger partial charge >= 0.3 is 6.03 Å². The average Bonchev–Trinajstić information content (AvgIpc) is 3.69. The molecule has 0 bridgehead atoms. The summed E-state index contributed by atoms with van der Waals surface area (Å²) in [5.74, 6) is 0.769. The van der Waals surface area contributed by atoms with Crippen molar-refractivity contribution in [3.8, 4) is 5.75 Å². The topological polar surface area (TPSA) is 137 Å². The number of amides is 4. The standard InChI is InChI=1S/C27H37N5O6/c1-15-12-32(16(2)14-33)24(34)11-20-10-21(28-26(35)19-6-7-19)8-9-22(20)37-23(15)13-31(5)27(36)29-25-17(3)30-38-18(25)4/h8-10,15-16,19,23,33H,6-7,11-14H2,1-5H3,(H,28,35)(H,29,36)/t15-,16+,23-/m1/s1. The van der Waals surface area contributed by atoms with Crippen molar-refractivity contribution < 1.29 is 28.8 Å². The summed E-state index contributed by atoms with van der Waals surface area (Å²) < 4.78 is 11.6. The zero-order valence-electron chi connectivity index (χ0n) is 22.6. The summed E-state index contributed by atoms with van der Waals surface area (Å²) in [5.41, 5.74) is 2.37. The van der Waals surface area contributed by atoms with Gasteiger partial charge in [0.25, 0.3) is 0 Å². The molecule has 38 heavy (non-hydrogen) atoms. The number of nitrogens with one attached hydrogen (secondary N) is 2. The summed E-state index contributed by atoms with van der Waals surface area (Å²) in [5, 5.41) is 19.5. The lowest BCUT2D eigenvalue weighted by Crippen LogP contribution is -2.48. The van der Waals surface area contributed by atoms with Crippen LogP contribution in [0.1, 0.15) is 43.7 Å². The van der Waals surface area contributed by atoms with Gasteiger partial charge in [0.15, 0.2) is 5.76 Å². The van der Waals surface area contributed by atoms with E-state index >= 15 is 0 Å². The molecule has 11 heteroatoms. The van der Waals surface area contributed by atoms with Crippen molar-refractivity contribution >= 4 is 29.2 Å². The van der Waals surface area contributed by atoms with Gasteiger partial charge in [-0.25, -0.2) is 4.79 Å². The Labute approximate surface area is 222 Å². The molecule has 2 heterocycles. The molecule has 3 atom stereocenters. The minimum Gasteiger partial charge on any atom is -0.488 e. The fraction of sp³-hybridized carbons (Fsp3) is 0.556. The second kappa shape index (κ2) is 11.4. The zero-order chi connectivity index (χ0) is 27.6. The highest BCUT2D eigenvalue weighted by molar-refractivity contribution is 5.94. The maximum atomic E-state index is 13.3. The first kappa shape index (κ1) is 27.4. The van der Waals surface area contributed by atoms with E-state index in [0.717, 1.165) is 12.8 Å². The van der Waals surface area contributed by atoms with Crippen LogP contribution in [0.15, 0.2) is 22.7 Å². The van der Waals surface area contributed by atoms with Crippen LogP contribution >= 0.6 is 0 Å². The number of aromatic nitrogens is 1. The van der Waals surface area contributed by atoms with Gasteiger partial charge in [-0.1, -0.05) is 12.1 Å². The fourth-order valence-electron chi connectivity index (χ4n) is 4.53. The number of aliphatic hydroxyl groups excluding tert-OH is 1. The highest BCUT2D eigenvalue weighted by Crippen LogP contribution is 2.32. The first-order chi connectivity index (χ1) is 18.1. The van der Waals surface area contributed by atoms with E-state index < -0.39 is 6.10 Å². The van der Waals surface area contributed by atoms with Crippen LogP contribution in [0.4, 0.5) is 16.2 Å². The molecule has 0 saturated heterocycles. The fourth-order valence-corrected chi connectivity index (χ4v) is 4.53. The minimum absolute atomic E-state index is 0.0202. The van der Waals surface area contributed by atoms with Crippen molar-refractivity contribution in [3.05, 3.63) is 35.2 Å². The first-order valence-corrected chi connectivity index (χ1v) is 13.0. The van der Waals surface area contributed by atoms with Crippen molar-refractivity contribution in [1.29, 1.82) is 0 Å². The van der Waals surface area contributed by atoms with Crippen molar-refractivity contribution in [2.45, 2.75) is 59.1 Å². The summed E-state index contributed by atoms with van der Waals surface area (Å²) in [6.45, 7) is 7.66. The van der Waals surface area contributed by atoms with Crippen LogP contribution in [0.3, 0.4) is 0 Å². The Morgan fingerprint density at radius 3 is 2.63 bits per heavy atom. The Hall–Kier alpha value is -3.60. The third-order valence-corrected chi connectivity index (χ3v) is 7.20. The summed E-state index contributed by atoms with van der Waals surface area (Å²) in [7, 11) is 1.67.